The van der Waals surface area contributed by atoms with E-state index in [0.29, 0.717) is 41.0 Å². The highest BCUT2D eigenvalue weighted by atomic mass is 32.2. The Kier molecular flexibility index (Phi) is 7.98. The number of aromatic carboxylic acids is 1. The van der Waals surface area contributed by atoms with Crippen LogP contribution in [-0.2, 0) is 14.8 Å². The van der Waals surface area contributed by atoms with Crippen LogP contribution < -0.4 is 14.4 Å². The van der Waals surface area contributed by atoms with Crippen LogP contribution in [0.4, 0.5) is 5.69 Å². The molecule has 0 atom stereocenters. The van der Waals surface area contributed by atoms with Gasteiger partial charge in [-0.05, 0) is 57.0 Å². The number of piperidine rings is 1. The third-order valence-corrected chi connectivity index (χ3v) is 8.73. The number of carboxylic acid groups (broad SMARTS) is 2. The van der Waals surface area contributed by atoms with Crippen molar-refractivity contribution in [2.75, 3.05) is 29.8 Å². The number of carbonyl (C=O) groups is 2. The van der Waals surface area contributed by atoms with Gasteiger partial charge in [-0.15, -0.1) is 11.3 Å². The number of sulfonamides is 1. The lowest BCUT2D eigenvalue weighted by Crippen LogP contribution is -2.47. The maximum Gasteiger partial charge on any atom is 0.349 e. The van der Waals surface area contributed by atoms with Gasteiger partial charge in [0.1, 0.15) is 5.75 Å². The Morgan fingerprint density at radius 3 is 2.55 bits per heavy atom. The van der Waals surface area contributed by atoms with E-state index >= 15 is 0 Å². The third kappa shape index (κ3) is 5.66. The zero-order valence-corrected chi connectivity index (χ0v) is 20.2. The van der Waals surface area contributed by atoms with Gasteiger partial charge in [-0.25, -0.2) is 18.0 Å². The van der Waals surface area contributed by atoms with Gasteiger partial charge >= 0.3 is 11.9 Å². The van der Waals surface area contributed by atoms with Crippen molar-refractivity contribution < 1.29 is 33.0 Å². The molecular weight excluding hydrogens is 468 g/mol. The van der Waals surface area contributed by atoms with Crippen LogP contribution in [0.15, 0.2) is 24.3 Å². The molecule has 0 bridgehead atoms. The zero-order valence-electron chi connectivity index (χ0n) is 18.5. The second kappa shape index (κ2) is 10.5. The average molecular weight is 497 g/mol. The standard InChI is InChI=1S/C22H28N2O7S2/c1-3-11-33(29,30)24(16-7-9-23-10-8-16)17-6-4-5-15(12-17)20-14(2)19(31-13-18(25)26)21(32-20)22(27)28/h4-6,12,16,23H,3,7-11,13H2,1-2H3,(H,25,26)(H,27,28). The number of benzene rings is 1. The summed E-state index contributed by atoms with van der Waals surface area (Å²) >= 11 is 0.977. The number of aliphatic carboxylic acids is 1. The van der Waals surface area contributed by atoms with Gasteiger partial charge in [0.2, 0.25) is 10.0 Å². The fourth-order valence-corrected chi connectivity index (χ4v) is 6.90. The monoisotopic (exact) mass is 496 g/mol. The summed E-state index contributed by atoms with van der Waals surface area (Å²) < 4.78 is 33.2. The highest BCUT2D eigenvalue weighted by Crippen LogP contribution is 2.42. The van der Waals surface area contributed by atoms with Crippen molar-refractivity contribution in [3.05, 3.63) is 34.7 Å². The van der Waals surface area contributed by atoms with Crippen LogP contribution in [0, 0.1) is 6.92 Å². The molecule has 1 aliphatic heterocycles. The van der Waals surface area contributed by atoms with Gasteiger partial charge in [-0.2, -0.15) is 0 Å². The van der Waals surface area contributed by atoms with Crippen molar-refractivity contribution in [2.24, 2.45) is 0 Å². The van der Waals surface area contributed by atoms with E-state index in [1.54, 1.807) is 31.2 Å². The van der Waals surface area contributed by atoms with Gasteiger partial charge in [-0.3, -0.25) is 4.31 Å². The largest absolute Gasteiger partial charge is 0.480 e. The van der Waals surface area contributed by atoms with Crippen molar-refractivity contribution in [2.45, 2.75) is 39.2 Å². The minimum absolute atomic E-state index is 0.0177. The molecule has 3 rings (SSSR count). The molecule has 0 spiro atoms. The Morgan fingerprint density at radius 2 is 1.94 bits per heavy atom. The summed E-state index contributed by atoms with van der Waals surface area (Å²) in [7, 11) is -3.54. The second-order valence-electron chi connectivity index (χ2n) is 7.85. The SMILES string of the molecule is CCCS(=O)(=O)N(c1cccc(-c2sc(C(=O)O)c(OCC(=O)O)c2C)c1)C1CCNCC1. The van der Waals surface area contributed by atoms with Crippen molar-refractivity contribution in [3.8, 4) is 16.2 Å². The van der Waals surface area contributed by atoms with E-state index < -0.39 is 28.6 Å². The fourth-order valence-electron chi connectivity index (χ4n) is 4.00. The van der Waals surface area contributed by atoms with Gasteiger partial charge in [0.15, 0.2) is 11.5 Å². The lowest BCUT2D eigenvalue weighted by atomic mass is 10.0. The number of nitrogens with one attached hydrogen (secondary N) is 1. The lowest BCUT2D eigenvalue weighted by Gasteiger charge is -2.35. The van der Waals surface area contributed by atoms with Crippen LogP contribution in [0.1, 0.15) is 41.4 Å². The van der Waals surface area contributed by atoms with Crippen LogP contribution >= 0.6 is 11.3 Å². The average Bonchev–Trinajstić information content (AvgIpc) is 3.09. The Labute approximate surface area is 197 Å². The van der Waals surface area contributed by atoms with Crippen LogP contribution in [-0.4, -0.2) is 62.1 Å². The lowest BCUT2D eigenvalue weighted by molar-refractivity contribution is -0.139. The maximum atomic E-state index is 13.2. The molecule has 0 saturated carbocycles. The first-order valence-corrected chi connectivity index (χ1v) is 13.1. The van der Waals surface area contributed by atoms with E-state index in [9.17, 15) is 23.1 Å². The first kappa shape index (κ1) is 25.0. The number of hydrogen-bond acceptors (Lipinski definition) is 7. The van der Waals surface area contributed by atoms with Gasteiger partial charge < -0.3 is 20.3 Å². The molecule has 1 fully saturated rings. The molecule has 33 heavy (non-hydrogen) atoms. The second-order valence-corrected chi connectivity index (χ2v) is 10.8. The number of carboxylic acids is 2. The summed E-state index contributed by atoms with van der Waals surface area (Å²) in [5, 5.41) is 21.8. The number of nitrogens with zero attached hydrogens (tertiary/aromatic N) is 1. The fraction of sp³-hybridized carbons (Fsp3) is 0.455. The molecule has 11 heteroatoms. The van der Waals surface area contributed by atoms with Crippen LogP contribution in [0.25, 0.3) is 10.4 Å². The number of rotatable bonds is 10. The molecule has 1 aliphatic rings. The highest BCUT2D eigenvalue weighted by Gasteiger charge is 2.31. The van der Waals surface area contributed by atoms with Crippen molar-refractivity contribution in [1.82, 2.24) is 5.32 Å². The van der Waals surface area contributed by atoms with Crippen LogP contribution in [0.3, 0.4) is 0 Å². The van der Waals surface area contributed by atoms with Crippen molar-refractivity contribution >= 4 is 39.0 Å². The van der Waals surface area contributed by atoms with Gasteiger partial charge in [0, 0.05) is 16.5 Å². The normalized spacial score (nSPS) is 14.7. The van der Waals surface area contributed by atoms with Gasteiger partial charge in [0.25, 0.3) is 0 Å². The first-order chi connectivity index (χ1) is 15.7. The minimum atomic E-state index is -3.54. The van der Waals surface area contributed by atoms with E-state index in [4.69, 9.17) is 9.84 Å². The predicted molar refractivity (Wildman–Crippen MR) is 127 cm³/mol. The van der Waals surface area contributed by atoms with E-state index in [0.717, 1.165) is 24.4 Å². The van der Waals surface area contributed by atoms with E-state index in [1.165, 1.54) is 4.31 Å². The quantitative estimate of drug-likeness (QED) is 0.457. The number of hydrogen-bond donors (Lipinski definition) is 3. The van der Waals surface area contributed by atoms with E-state index in [2.05, 4.69) is 5.32 Å². The summed E-state index contributed by atoms with van der Waals surface area (Å²) in [6, 6.07) is 6.87. The summed E-state index contributed by atoms with van der Waals surface area (Å²) in [6.07, 6.45) is 1.89. The molecule has 0 unspecified atom stereocenters. The topological polar surface area (TPSA) is 133 Å². The molecule has 0 aliphatic carbocycles. The molecule has 1 aromatic heterocycles. The molecule has 3 N–H and O–H groups in total. The Bertz CT molecular complexity index is 1120. The smallest absolute Gasteiger partial charge is 0.349 e. The summed E-state index contributed by atoms with van der Waals surface area (Å²) in [6.45, 7) is 4.31. The molecular formula is C22H28N2O7S2. The summed E-state index contributed by atoms with van der Waals surface area (Å²) in [5.74, 6) is -2.37. The third-order valence-electron chi connectivity index (χ3n) is 5.39. The Morgan fingerprint density at radius 1 is 1.24 bits per heavy atom. The Balaban J connectivity index is 2.07. The summed E-state index contributed by atoms with van der Waals surface area (Å²) in [5.41, 5.74) is 1.68. The molecule has 1 aromatic carbocycles. The highest BCUT2D eigenvalue weighted by molar-refractivity contribution is 7.92. The number of ether oxygens (including phenoxy) is 1. The minimum Gasteiger partial charge on any atom is -0.480 e. The number of anilines is 1. The van der Waals surface area contributed by atoms with Crippen LogP contribution in [0.5, 0.6) is 5.75 Å². The van der Waals surface area contributed by atoms with Crippen molar-refractivity contribution in [1.29, 1.82) is 0 Å². The predicted octanol–water partition coefficient (Wildman–Crippen LogP) is 3.18. The Hall–Kier alpha value is -2.63. The zero-order chi connectivity index (χ0) is 24.2. The summed E-state index contributed by atoms with van der Waals surface area (Å²) in [4.78, 5) is 23.2. The first-order valence-electron chi connectivity index (χ1n) is 10.7. The molecule has 0 radical (unpaired) electrons. The molecule has 1 saturated heterocycles. The molecule has 2 aromatic rings. The van der Waals surface area contributed by atoms with Gasteiger partial charge in [0.05, 0.1) is 11.4 Å². The van der Waals surface area contributed by atoms with E-state index in [1.807, 2.05) is 6.92 Å². The maximum absolute atomic E-state index is 13.2. The van der Waals surface area contributed by atoms with Crippen LogP contribution in [0.2, 0.25) is 0 Å². The molecule has 2 heterocycles. The molecule has 180 valence electrons. The number of thiophene rings is 1. The van der Waals surface area contributed by atoms with Gasteiger partial charge in [-0.1, -0.05) is 19.1 Å². The molecule has 0 amide bonds. The van der Waals surface area contributed by atoms with E-state index in [-0.39, 0.29) is 22.4 Å². The molecule has 9 nitrogen and oxygen atoms in total. The van der Waals surface area contributed by atoms with Crippen molar-refractivity contribution in [3.63, 3.8) is 0 Å².